The molecule has 0 aliphatic heterocycles. The number of benzene rings is 1. The molecule has 0 radical (unpaired) electrons. The lowest BCUT2D eigenvalue weighted by Gasteiger charge is -2.13. The second-order valence-electron chi connectivity index (χ2n) is 4.52. The molecule has 0 saturated carbocycles. The van der Waals surface area contributed by atoms with Gasteiger partial charge in [0.05, 0.1) is 0 Å². The Bertz CT molecular complexity index is 292. The van der Waals surface area contributed by atoms with Crippen LogP contribution in [0.25, 0.3) is 0 Å². The van der Waals surface area contributed by atoms with Crippen molar-refractivity contribution in [2.45, 2.75) is 44.9 Å². The molecule has 1 nitrogen and oxygen atoms in total. The van der Waals surface area contributed by atoms with E-state index in [1.54, 1.807) is 0 Å². The van der Waals surface area contributed by atoms with Crippen molar-refractivity contribution in [1.82, 2.24) is 0 Å². The molecule has 0 aromatic heterocycles. The van der Waals surface area contributed by atoms with Crippen molar-refractivity contribution in [3.63, 3.8) is 0 Å². The van der Waals surface area contributed by atoms with E-state index in [1.165, 1.54) is 11.1 Å². The minimum Gasteiger partial charge on any atom is -0.327 e. The SMILES string of the molecule is CCc1ccc(CC(N)CSC(C)C)cc1. The molecule has 0 bridgehead atoms. The lowest BCUT2D eigenvalue weighted by atomic mass is 10.0. The molecule has 0 saturated heterocycles. The third-order valence-electron chi connectivity index (χ3n) is 2.57. The molecule has 0 spiro atoms. The maximum Gasteiger partial charge on any atom is 0.0171 e. The predicted molar refractivity (Wildman–Crippen MR) is 75.1 cm³/mol. The second-order valence-corrected chi connectivity index (χ2v) is 6.13. The molecule has 1 unspecified atom stereocenters. The van der Waals surface area contributed by atoms with Crippen LogP contribution in [0, 0.1) is 0 Å². The van der Waals surface area contributed by atoms with Crippen molar-refractivity contribution in [3.8, 4) is 0 Å². The standard InChI is InChI=1S/C14H23NS/c1-4-12-5-7-13(8-6-12)9-14(15)10-16-11(2)3/h5-8,11,14H,4,9-10,15H2,1-3H3. The highest BCUT2D eigenvalue weighted by molar-refractivity contribution is 7.99. The van der Waals surface area contributed by atoms with E-state index >= 15 is 0 Å². The first kappa shape index (κ1) is 13.6. The second kappa shape index (κ2) is 6.97. The van der Waals surface area contributed by atoms with Gasteiger partial charge in [-0.05, 0) is 29.2 Å². The van der Waals surface area contributed by atoms with Gasteiger partial charge in [-0.2, -0.15) is 11.8 Å². The van der Waals surface area contributed by atoms with E-state index in [0.717, 1.165) is 18.6 Å². The van der Waals surface area contributed by atoms with Crippen LogP contribution in [0.3, 0.4) is 0 Å². The molecule has 90 valence electrons. The zero-order valence-corrected chi connectivity index (χ0v) is 11.4. The molecule has 1 rings (SSSR count). The molecule has 1 atom stereocenters. The molecule has 0 aliphatic rings. The van der Waals surface area contributed by atoms with E-state index in [9.17, 15) is 0 Å². The highest BCUT2D eigenvalue weighted by Gasteiger charge is 2.05. The number of nitrogens with two attached hydrogens (primary N) is 1. The third-order valence-corrected chi connectivity index (χ3v) is 3.86. The minimum absolute atomic E-state index is 0.278. The summed E-state index contributed by atoms with van der Waals surface area (Å²) < 4.78 is 0. The van der Waals surface area contributed by atoms with Crippen LogP contribution < -0.4 is 5.73 Å². The average Bonchev–Trinajstić information content (AvgIpc) is 2.27. The van der Waals surface area contributed by atoms with Crippen molar-refractivity contribution in [1.29, 1.82) is 0 Å². The van der Waals surface area contributed by atoms with Crippen LogP contribution in [0.15, 0.2) is 24.3 Å². The number of aryl methyl sites for hydroxylation is 1. The lowest BCUT2D eigenvalue weighted by Crippen LogP contribution is -2.26. The zero-order chi connectivity index (χ0) is 12.0. The topological polar surface area (TPSA) is 26.0 Å². The third kappa shape index (κ3) is 5.04. The Labute approximate surface area is 104 Å². The summed E-state index contributed by atoms with van der Waals surface area (Å²) in [6.07, 6.45) is 2.10. The van der Waals surface area contributed by atoms with Crippen molar-refractivity contribution in [2.24, 2.45) is 5.73 Å². The minimum atomic E-state index is 0.278. The fourth-order valence-electron chi connectivity index (χ4n) is 1.59. The molecule has 0 aliphatic carbocycles. The van der Waals surface area contributed by atoms with Crippen LogP contribution >= 0.6 is 11.8 Å². The first-order valence-electron chi connectivity index (χ1n) is 6.06. The van der Waals surface area contributed by atoms with E-state index in [4.69, 9.17) is 5.73 Å². The van der Waals surface area contributed by atoms with E-state index in [2.05, 4.69) is 45.0 Å². The van der Waals surface area contributed by atoms with Gasteiger partial charge in [-0.15, -0.1) is 0 Å². The Morgan fingerprint density at radius 1 is 1.12 bits per heavy atom. The Kier molecular flexibility index (Phi) is 5.93. The van der Waals surface area contributed by atoms with Crippen molar-refractivity contribution in [2.75, 3.05) is 5.75 Å². The first-order chi connectivity index (χ1) is 7.61. The van der Waals surface area contributed by atoms with Gasteiger partial charge in [-0.25, -0.2) is 0 Å². The predicted octanol–water partition coefficient (Wildman–Crippen LogP) is 3.26. The fraction of sp³-hybridized carbons (Fsp3) is 0.571. The summed E-state index contributed by atoms with van der Waals surface area (Å²) in [6.45, 7) is 6.61. The summed E-state index contributed by atoms with van der Waals surface area (Å²) in [5.74, 6) is 1.05. The van der Waals surface area contributed by atoms with Crippen molar-refractivity contribution in [3.05, 3.63) is 35.4 Å². The number of hydrogen-bond acceptors (Lipinski definition) is 2. The molecule has 2 N–H and O–H groups in total. The molecule has 2 heteroatoms. The van der Waals surface area contributed by atoms with Crippen LogP contribution in [-0.2, 0) is 12.8 Å². The van der Waals surface area contributed by atoms with Crippen LogP contribution in [-0.4, -0.2) is 17.0 Å². The smallest absolute Gasteiger partial charge is 0.0171 e. The summed E-state index contributed by atoms with van der Waals surface area (Å²) in [5.41, 5.74) is 8.86. The van der Waals surface area contributed by atoms with Gasteiger partial charge in [0.15, 0.2) is 0 Å². The normalized spacial score (nSPS) is 13.1. The first-order valence-corrected chi connectivity index (χ1v) is 7.11. The number of thioether (sulfide) groups is 1. The maximum absolute atomic E-state index is 6.10. The summed E-state index contributed by atoms with van der Waals surface area (Å²) in [6, 6.07) is 9.10. The van der Waals surface area contributed by atoms with Crippen LogP contribution in [0.1, 0.15) is 31.9 Å². The van der Waals surface area contributed by atoms with Gasteiger partial charge < -0.3 is 5.73 Å². The highest BCUT2D eigenvalue weighted by Crippen LogP contribution is 2.13. The number of hydrogen-bond donors (Lipinski definition) is 1. The molecule has 0 amide bonds. The van der Waals surface area contributed by atoms with Gasteiger partial charge in [0, 0.05) is 11.8 Å². The molecule has 1 aromatic carbocycles. The van der Waals surface area contributed by atoms with Gasteiger partial charge in [-0.1, -0.05) is 45.0 Å². The van der Waals surface area contributed by atoms with E-state index < -0.39 is 0 Å². The van der Waals surface area contributed by atoms with Gasteiger partial charge in [0.2, 0.25) is 0 Å². The van der Waals surface area contributed by atoms with Gasteiger partial charge in [-0.3, -0.25) is 0 Å². The Hall–Kier alpha value is -0.470. The van der Waals surface area contributed by atoms with E-state index in [-0.39, 0.29) is 6.04 Å². The van der Waals surface area contributed by atoms with Gasteiger partial charge in [0.1, 0.15) is 0 Å². The molecule has 16 heavy (non-hydrogen) atoms. The quantitative estimate of drug-likeness (QED) is 0.822. The summed E-state index contributed by atoms with van der Waals surface area (Å²) >= 11 is 1.94. The zero-order valence-electron chi connectivity index (χ0n) is 10.6. The lowest BCUT2D eigenvalue weighted by molar-refractivity contribution is 0.747. The highest BCUT2D eigenvalue weighted by atomic mass is 32.2. The average molecular weight is 237 g/mol. The van der Waals surface area contributed by atoms with Gasteiger partial charge >= 0.3 is 0 Å². The fourth-order valence-corrected chi connectivity index (χ4v) is 2.34. The Morgan fingerprint density at radius 2 is 1.69 bits per heavy atom. The summed E-state index contributed by atoms with van der Waals surface area (Å²) in [5, 5.41) is 0.675. The van der Waals surface area contributed by atoms with E-state index in [1.807, 2.05) is 11.8 Å². The largest absolute Gasteiger partial charge is 0.327 e. The molecule has 0 heterocycles. The van der Waals surface area contributed by atoms with Crippen molar-refractivity contribution >= 4 is 11.8 Å². The Balaban J connectivity index is 2.40. The van der Waals surface area contributed by atoms with E-state index in [0.29, 0.717) is 5.25 Å². The van der Waals surface area contributed by atoms with Crippen molar-refractivity contribution < 1.29 is 0 Å². The van der Waals surface area contributed by atoms with Gasteiger partial charge in [0.25, 0.3) is 0 Å². The monoisotopic (exact) mass is 237 g/mol. The Morgan fingerprint density at radius 3 is 2.19 bits per heavy atom. The maximum atomic E-state index is 6.10. The van der Waals surface area contributed by atoms with Crippen LogP contribution in [0.4, 0.5) is 0 Å². The van der Waals surface area contributed by atoms with Crippen LogP contribution in [0.5, 0.6) is 0 Å². The van der Waals surface area contributed by atoms with Crippen LogP contribution in [0.2, 0.25) is 0 Å². The summed E-state index contributed by atoms with van der Waals surface area (Å²) in [7, 11) is 0. The molecule has 0 fully saturated rings. The number of rotatable bonds is 6. The molecular formula is C14H23NS. The summed E-state index contributed by atoms with van der Waals surface area (Å²) in [4.78, 5) is 0. The molecule has 1 aromatic rings. The molecular weight excluding hydrogens is 214 g/mol.